The summed E-state index contributed by atoms with van der Waals surface area (Å²) in [5.74, 6) is 0.926. The van der Waals surface area contributed by atoms with Crippen LogP contribution in [-0.4, -0.2) is 29.0 Å². The predicted octanol–water partition coefficient (Wildman–Crippen LogP) is 1.72. The Balaban J connectivity index is 3.03. The summed E-state index contributed by atoms with van der Waals surface area (Å²) in [7, 11) is 4.06. The third-order valence-electron chi connectivity index (χ3n) is 2.33. The van der Waals surface area contributed by atoms with E-state index in [1.165, 1.54) is 11.3 Å². The van der Waals surface area contributed by atoms with Gasteiger partial charge < -0.3 is 4.90 Å². The molecule has 0 spiro atoms. The van der Waals surface area contributed by atoms with E-state index in [0.717, 1.165) is 24.5 Å². The third kappa shape index (κ3) is 2.51. The first-order valence-electron chi connectivity index (χ1n) is 5.02. The molecule has 14 heavy (non-hydrogen) atoms. The van der Waals surface area contributed by atoms with Crippen LogP contribution in [0.3, 0.4) is 0 Å². The van der Waals surface area contributed by atoms with Gasteiger partial charge in [0, 0.05) is 11.4 Å². The minimum Gasteiger partial charge on any atom is -0.302 e. The molecular formula is C11H19N3. The number of aryl methyl sites for hydroxylation is 2. The molecule has 0 atom stereocenters. The highest BCUT2D eigenvalue weighted by atomic mass is 15.1. The lowest BCUT2D eigenvalue weighted by Gasteiger charge is -2.12. The highest BCUT2D eigenvalue weighted by Crippen LogP contribution is 2.10. The molecule has 1 aromatic heterocycles. The second kappa shape index (κ2) is 4.51. The zero-order chi connectivity index (χ0) is 10.7. The van der Waals surface area contributed by atoms with Crippen LogP contribution in [0.4, 0.5) is 0 Å². The lowest BCUT2D eigenvalue weighted by atomic mass is 10.1. The zero-order valence-electron chi connectivity index (χ0n) is 9.76. The van der Waals surface area contributed by atoms with Crippen molar-refractivity contribution in [3.63, 3.8) is 0 Å². The van der Waals surface area contributed by atoms with Crippen molar-refractivity contribution in [2.24, 2.45) is 0 Å². The van der Waals surface area contributed by atoms with Gasteiger partial charge in [0.05, 0.1) is 6.54 Å². The molecule has 1 rings (SSSR count). The van der Waals surface area contributed by atoms with Crippen LogP contribution in [0, 0.1) is 13.8 Å². The molecule has 3 heteroatoms. The topological polar surface area (TPSA) is 29.0 Å². The summed E-state index contributed by atoms with van der Waals surface area (Å²) in [5, 5.41) is 0. The Bertz CT molecular complexity index is 319. The second-order valence-corrected chi connectivity index (χ2v) is 3.89. The highest BCUT2D eigenvalue weighted by Gasteiger charge is 2.06. The summed E-state index contributed by atoms with van der Waals surface area (Å²) >= 11 is 0. The van der Waals surface area contributed by atoms with Crippen LogP contribution in [0.2, 0.25) is 0 Å². The van der Waals surface area contributed by atoms with E-state index in [9.17, 15) is 0 Å². The Labute approximate surface area is 86.2 Å². The van der Waals surface area contributed by atoms with Gasteiger partial charge in [0.1, 0.15) is 5.82 Å². The van der Waals surface area contributed by atoms with Crippen molar-refractivity contribution in [3.8, 4) is 0 Å². The molecule has 0 radical (unpaired) electrons. The molecule has 0 aliphatic rings. The van der Waals surface area contributed by atoms with Gasteiger partial charge in [-0.15, -0.1) is 0 Å². The van der Waals surface area contributed by atoms with E-state index in [1.807, 2.05) is 14.1 Å². The van der Waals surface area contributed by atoms with E-state index in [0.29, 0.717) is 0 Å². The van der Waals surface area contributed by atoms with Crippen LogP contribution >= 0.6 is 0 Å². The lowest BCUT2D eigenvalue weighted by Crippen LogP contribution is -2.15. The van der Waals surface area contributed by atoms with Crippen molar-refractivity contribution >= 4 is 0 Å². The van der Waals surface area contributed by atoms with Crippen molar-refractivity contribution < 1.29 is 0 Å². The molecule has 0 amide bonds. The van der Waals surface area contributed by atoms with Gasteiger partial charge >= 0.3 is 0 Å². The van der Waals surface area contributed by atoms with Crippen molar-refractivity contribution in [1.82, 2.24) is 14.9 Å². The van der Waals surface area contributed by atoms with Gasteiger partial charge in [0.25, 0.3) is 0 Å². The van der Waals surface area contributed by atoms with E-state index in [1.54, 1.807) is 0 Å². The number of nitrogens with zero attached hydrogens (tertiary/aromatic N) is 3. The van der Waals surface area contributed by atoms with Crippen molar-refractivity contribution in [2.75, 3.05) is 14.1 Å². The lowest BCUT2D eigenvalue weighted by molar-refractivity contribution is 0.389. The summed E-state index contributed by atoms with van der Waals surface area (Å²) < 4.78 is 0. The van der Waals surface area contributed by atoms with Crippen LogP contribution in [0.15, 0.2) is 0 Å². The largest absolute Gasteiger partial charge is 0.302 e. The summed E-state index contributed by atoms with van der Waals surface area (Å²) in [6.07, 6.45) is 0.982. The molecule has 0 aromatic carbocycles. The molecule has 1 aromatic rings. The zero-order valence-corrected chi connectivity index (χ0v) is 9.76. The molecule has 0 N–H and O–H groups in total. The van der Waals surface area contributed by atoms with Gasteiger partial charge in [-0.25, -0.2) is 9.97 Å². The van der Waals surface area contributed by atoms with Crippen LogP contribution in [0.1, 0.15) is 29.7 Å². The summed E-state index contributed by atoms with van der Waals surface area (Å²) in [6.45, 7) is 7.09. The van der Waals surface area contributed by atoms with Crippen LogP contribution in [0.5, 0.6) is 0 Å². The highest BCUT2D eigenvalue weighted by molar-refractivity contribution is 5.23. The molecule has 0 fully saturated rings. The van der Waals surface area contributed by atoms with Crippen LogP contribution < -0.4 is 0 Å². The Kier molecular flexibility index (Phi) is 3.58. The maximum absolute atomic E-state index is 4.54. The van der Waals surface area contributed by atoms with E-state index < -0.39 is 0 Å². The minimum atomic E-state index is 0.814. The SMILES string of the molecule is CCc1nc(CN(C)C)nc(C)c1C. The Morgan fingerprint density at radius 2 is 1.79 bits per heavy atom. The Hall–Kier alpha value is -0.960. The fraction of sp³-hybridized carbons (Fsp3) is 0.636. The first-order valence-corrected chi connectivity index (χ1v) is 5.02. The van der Waals surface area contributed by atoms with Crippen molar-refractivity contribution in [2.45, 2.75) is 33.7 Å². The maximum Gasteiger partial charge on any atom is 0.142 e. The van der Waals surface area contributed by atoms with Gasteiger partial charge in [0.15, 0.2) is 0 Å². The molecule has 1 heterocycles. The molecule has 0 aliphatic heterocycles. The van der Waals surface area contributed by atoms with Crippen LogP contribution in [0.25, 0.3) is 0 Å². The Morgan fingerprint density at radius 3 is 2.29 bits per heavy atom. The fourth-order valence-corrected chi connectivity index (χ4v) is 1.45. The van der Waals surface area contributed by atoms with Crippen LogP contribution in [-0.2, 0) is 13.0 Å². The maximum atomic E-state index is 4.54. The number of aromatic nitrogens is 2. The van der Waals surface area contributed by atoms with E-state index >= 15 is 0 Å². The number of hydrogen-bond donors (Lipinski definition) is 0. The summed E-state index contributed by atoms with van der Waals surface area (Å²) in [4.78, 5) is 11.1. The molecular weight excluding hydrogens is 174 g/mol. The fourth-order valence-electron chi connectivity index (χ4n) is 1.45. The Morgan fingerprint density at radius 1 is 1.14 bits per heavy atom. The second-order valence-electron chi connectivity index (χ2n) is 3.89. The summed E-state index contributed by atoms with van der Waals surface area (Å²) in [5.41, 5.74) is 3.51. The quantitative estimate of drug-likeness (QED) is 0.732. The van der Waals surface area contributed by atoms with E-state index in [2.05, 4.69) is 35.6 Å². The van der Waals surface area contributed by atoms with Gasteiger partial charge in [-0.1, -0.05) is 6.92 Å². The van der Waals surface area contributed by atoms with Gasteiger partial charge in [0.2, 0.25) is 0 Å². The molecule has 78 valence electrons. The molecule has 0 unspecified atom stereocenters. The van der Waals surface area contributed by atoms with Gasteiger partial charge in [-0.3, -0.25) is 0 Å². The standard InChI is InChI=1S/C11H19N3/c1-6-10-8(2)9(3)12-11(13-10)7-14(4)5/h6-7H2,1-5H3. The molecule has 0 saturated heterocycles. The molecule has 0 aliphatic carbocycles. The summed E-state index contributed by atoms with van der Waals surface area (Å²) in [6, 6.07) is 0. The molecule has 0 saturated carbocycles. The average Bonchev–Trinajstić information content (AvgIpc) is 2.10. The monoisotopic (exact) mass is 193 g/mol. The van der Waals surface area contributed by atoms with E-state index in [4.69, 9.17) is 0 Å². The van der Waals surface area contributed by atoms with Crippen molar-refractivity contribution in [1.29, 1.82) is 0 Å². The van der Waals surface area contributed by atoms with Gasteiger partial charge in [-0.2, -0.15) is 0 Å². The molecule has 3 nitrogen and oxygen atoms in total. The van der Waals surface area contributed by atoms with Crippen molar-refractivity contribution in [3.05, 3.63) is 22.8 Å². The average molecular weight is 193 g/mol. The number of hydrogen-bond acceptors (Lipinski definition) is 3. The normalized spacial score (nSPS) is 11.0. The first kappa shape index (κ1) is 11.1. The smallest absolute Gasteiger partial charge is 0.142 e. The molecule has 0 bridgehead atoms. The first-order chi connectivity index (χ1) is 6.54. The third-order valence-corrected chi connectivity index (χ3v) is 2.33. The predicted molar refractivity (Wildman–Crippen MR) is 58.3 cm³/mol. The van der Waals surface area contributed by atoms with Gasteiger partial charge in [-0.05, 0) is 39.9 Å². The minimum absolute atomic E-state index is 0.814. The van der Waals surface area contributed by atoms with E-state index in [-0.39, 0.29) is 0 Å². The number of rotatable bonds is 3.